The number of ether oxygens (including phenoxy) is 1. The van der Waals surface area contributed by atoms with Gasteiger partial charge < -0.3 is 10.1 Å². The van der Waals surface area contributed by atoms with Crippen LogP contribution in [0.2, 0.25) is 5.02 Å². The van der Waals surface area contributed by atoms with Crippen molar-refractivity contribution in [2.45, 2.75) is 18.9 Å². The quantitative estimate of drug-likeness (QED) is 0.815. The molecule has 1 aromatic carbocycles. The highest BCUT2D eigenvalue weighted by atomic mass is 35.5. The molecule has 0 bridgehead atoms. The topological polar surface area (TPSA) is 89.5 Å². The van der Waals surface area contributed by atoms with Gasteiger partial charge in [-0.1, -0.05) is 11.6 Å². The van der Waals surface area contributed by atoms with E-state index in [-0.39, 0.29) is 22.1 Å². The highest BCUT2D eigenvalue weighted by Crippen LogP contribution is 2.22. The van der Waals surface area contributed by atoms with Crippen molar-refractivity contribution in [1.29, 1.82) is 0 Å². The minimum absolute atomic E-state index is 0.00869. The Morgan fingerprint density at radius 3 is 2.70 bits per heavy atom. The molecule has 1 amide bonds. The summed E-state index contributed by atoms with van der Waals surface area (Å²) in [5, 5.41) is 2.43. The summed E-state index contributed by atoms with van der Waals surface area (Å²) in [5.41, 5.74) is -0.925. The van der Waals surface area contributed by atoms with E-state index >= 15 is 0 Å². The van der Waals surface area contributed by atoms with Crippen molar-refractivity contribution in [1.82, 2.24) is 5.32 Å². The van der Waals surface area contributed by atoms with E-state index in [0.717, 1.165) is 18.2 Å². The molecule has 9 heteroatoms. The molecule has 0 aromatic heterocycles. The lowest BCUT2D eigenvalue weighted by Crippen LogP contribution is -2.48. The van der Waals surface area contributed by atoms with Crippen LogP contribution in [0, 0.1) is 5.82 Å². The van der Waals surface area contributed by atoms with Crippen molar-refractivity contribution in [3.05, 3.63) is 34.6 Å². The number of amides is 1. The first-order valence-electron chi connectivity index (χ1n) is 6.74. The van der Waals surface area contributed by atoms with Gasteiger partial charge in [0.1, 0.15) is 5.82 Å². The molecule has 23 heavy (non-hydrogen) atoms. The summed E-state index contributed by atoms with van der Waals surface area (Å²) >= 11 is 5.72. The minimum Gasteiger partial charge on any atom is -0.452 e. The van der Waals surface area contributed by atoms with Crippen LogP contribution in [0.4, 0.5) is 4.39 Å². The van der Waals surface area contributed by atoms with Gasteiger partial charge in [0.05, 0.1) is 27.6 Å². The van der Waals surface area contributed by atoms with Crippen LogP contribution in [0.3, 0.4) is 0 Å². The SMILES string of the molecule is CC1(NC(=O)COC(=O)c2ccc(F)cc2Cl)CCS(=O)(=O)C1. The number of nitrogens with one attached hydrogen (secondary N) is 1. The Bertz CT molecular complexity index is 752. The van der Waals surface area contributed by atoms with Crippen LogP contribution in [0.5, 0.6) is 0 Å². The molecule has 1 fully saturated rings. The second-order valence-electron chi connectivity index (χ2n) is 5.65. The molecule has 1 aliphatic heterocycles. The summed E-state index contributed by atoms with van der Waals surface area (Å²) in [4.78, 5) is 23.6. The third-order valence-electron chi connectivity index (χ3n) is 3.43. The molecule has 1 aliphatic rings. The Morgan fingerprint density at radius 2 is 2.13 bits per heavy atom. The Morgan fingerprint density at radius 1 is 1.43 bits per heavy atom. The van der Waals surface area contributed by atoms with E-state index in [1.165, 1.54) is 0 Å². The van der Waals surface area contributed by atoms with Crippen molar-refractivity contribution in [2.75, 3.05) is 18.1 Å². The molecule has 0 radical (unpaired) electrons. The van der Waals surface area contributed by atoms with Crippen LogP contribution in [0.25, 0.3) is 0 Å². The van der Waals surface area contributed by atoms with E-state index in [1.54, 1.807) is 6.92 Å². The molecule has 1 heterocycles. The fourth-order valence-electron chi connectivity index (χ4n) is 2.35. The summed E-state index contributed by atoms with van der Waals surface area (Å²) in [6.45, 7) is 1.04. The Labute approximate surface area is 137 Å². The first kappa shape index (κ1) is 17.7. The molecule has 1 saturated heterocycles. The fraction of sp³-hybridized carbons (Fsp3) is 0.429. The van der Waals surface area contributed by atoms with Crippen molar-refractivity contribution in [2.24, 2.45) is 0 Å². The average Bonchev–Trinajstić information content (AvgIpc) is 2.69. The van der Waals surface area contributed by atoms with Gasteiger partial charge >= 0.3 is 5.97 Å². The van der Waals surface area contributed by atoms with E-state index in [0.29, 0.717) is 6.42 Å². The maximum Gasteiger partial charge on any atom is 0.340 e. The molecular weight excluding hydrogens is 349 g/mol. The Balaban J connectivity index is 1.90. The number of halogens is 2. The van der Waals surface area contributed by atoms with Crippen LogP contribution in [0.15, 0.2) is 18.2 Å². The lowest BCUT2D eigenvalue weighted by molar-refractivity contribution is -0.125. The smallest absolute Gasteiger partial charge is 0.340 e. The number of hydrogen-bond donors (Lipinski definition) is 1. The number of hydrogen-bond acceptors (Lipinski definition) is 5. The normalized spacial score (nSPS) is 22.6. The van der Waals surface area contributed by atoms with Crippen LogP contribution >= 0.6 is 11.6 Å². The third-order valence-corrected chi connectivity index (χ3v) is 5.65. The molecule has 1 aromatic rings. The van der Waals surface area contributed by atoms with Gasteiger partial charge in [-0.2, -0.15) is 0 Å². The standard InChI is InChI=1S/C14H15ClFNO5S/c1-14(4-5-23(20,21)8-14)17-12(18)7-22-13(19)10-3-2-9(16)6-11(10)15/h2-3,6H,4-5,7-8H2,1H3,(H,17,18). The molecular formula is C14H15ClFNO5S. The van der Waals surface area contributed by atoms with Gasteiger partial charge in [0.15, 0.2) is 16.4 Å². The maximum atomic E-state index is 12.9. The molecule has 126 valence electrons. The van der Waals surface area contributed by atoms with Gasteiger partial charge in [0, 0.05) is 0 Å². The monoisotopic (exact) mass is 363 g/mol. The maximum absolute atomic E-state index is 12.9. The number of benzene rings is 1. The zero-order chi connectivity index (χ0) is 17.3. The average molecular weight is 364 g/mol. The summed E-state index contributed by atoms with van der Waals surface area (Å²) in [6, 6.07) is 3.17. The van der Waals surface area contributed by atoms with Crippen molar-refractivity contribution < 1.29 is 27.1 Å². The molecule has 6 nitrogen and oxygen atoms in total. The molecule has 1 N–H and O–H groups in total. The van der Waals surface area contributed by atoms with E-state index in [2.05, 4.69) is 5.32 Å². The number of sulfone groups is 1. The second-order valence-corrected chi connectivity index (χ2v) is 8.24. The van der Waals surface area contributed by atoms with Crippen LogP contribution in [-0.4, -0.2) is 43.9 Å². The predicted octanol–water partition coefficient (Wildman–Crippen LogP) is 1.33. The molecule has 1 atom stereocenters. The number of carbonyl (C=O) groups excluding carboxylic acids is 2. The second kappa shape index (κ2) is 6.45. The zero-order valence-corrected chi connectivity index (χ0v) is 13.8. The van der Waals surface area contributed by atoms with Crippen molar-refractivity contribution in [3.8, 4) is 0 Å². The number of carbonyl (C=O) groups is 2. The third kappa shape index (κ3) is 4.65. The highest BCUT2D eigenvalue weighted by molar-refractivity contribution is 7.91. The lowest BCUT2D eigenvalue weighted by Gasteiger charge is -2.23. The molecule has 0 spiro atoms. The van der Waals surface area contributed by atoms with Gasteiger partial charge in [0.2, 0.25) is 0 Å². The van der Waals surface area contributed by atoms with E-state index in [1.807, 2.05) is 0 Å². The molecule has 0 aliphatic carbocycles. The highest BCUT2D eigenvalue weighted by Gasteiger charge is 2.39. The summed E-state index contributed by atoms with van der Waals surface area (Å²) in [5.74, 6) is -2.22. The Kier molecular flexibility index (Phi) is 4.95. The predicted molar refractivity (Wildman–Crippen MR) is 81.5 cm³/mol. The van der Waals surface area contributed by atoms with Crippen LogP contribution < -0.4 is 5.32 Å². The first-order chi connectivity index (χ1) is 10.6. The van der Waals surface area contributed by atoms with Crippen LogP contribution in [0.1, 0.15) is 23.7 Å². The largest absolute Gasteiger partial charge is 0.452 e. The van der Waals surface area contributed by atoms with E-state index < -0.39 is 39.7 Å². The van der Waals surface area contributed by atoms with E-state index in [4.69, 9.17) is 16.3 Å². The zero-order valence-electron chi connectivity index (χ0n) is 12.3. The fourth-order valence-corrected chi connectivity index (χ4v) is 4.68. The van der Waals surface area contributed by atoms with Gasteiger partial charge in [-0.05, 0) is 31.5 Å². The van der Waals surface area contributed by atoms with Crippen molar-refractivity contribution in [3.63, 3.8) is 0 Å². The van der Waals surface area contributed by atoms with Crippen molar-refractivity contribution >= 4 is 33.3 Å². The van der Waals surface area contributed by atoms with Gasteiger partial charge in [-0.15, -0.1) is 0 Å². The van der Waals surface area contributed by atoms with Gasteiger partial charge in [-0.25, -0.2) is 17.6 Å². The summed E-state index contributed by atoms with van der Waals surface area (Å²) in [7, 11) is -3.16. The molecule has 0 saturated carbocycles. The van der Waals surface area contributed by atoms with E-state index in [9.17, 15) is 22.4 Å². The van der Waals surface area contributed by atoms with Crippen LogP contribution in [-0.2, 0) is 19.4 Å². The minimum atomic E-state index is -3.16. The lowest BCUT2D eigenvalue weighted by atomic mass is 10.0. The molecule has 1 unspecified atom stereocenters. The van der Waals surface area contributed by atoms with Gasteiger partial charge in [0.25, 0.3) is 5.91 Å². The molecule has 2 rings (SSSR count). The summed E-state index contributed by atoms with van der Waals surface area (Å²) < 4.78 is 40.6. The number of esters is 1. The van der Waals surface area contributed by atoms with Gasteiger partial charge in [-0.3, -0.25) is 4.79 Å². The number of rotatable bonds is 4. The first-order valence-corrected chi connectivity index (χ1v) is 8.94. The summed E-state index contributed by atoms with van der Waals surface area (Å²) in [6.07, 6.45) is 0.304. The Hall–Kier alpha value is -1.67.